The lowest BCUT2D eigenvalue weighted by molar-refractivity contribution is -0.143. The molecule has 3 aromatic carbocycles. The highest BCUT2D eigenvalue weighted by Gasteiger charge is 2.37. The SMILES string of the molecule is O=C(O)Cn1cc(Cc2cc(C(F)(F)F)cc(C(F)(F)F)c2)c2cc(-c3ccc(Cl)cc3Cl)ccc21. The second kappa shape index (κ2) is 9.37. The van der Waals surface area contributed by atoms with E-state index in [4.69, 9.17) is 23.2 Å². The number of hydrogen-bond donors (Lipinski definition) is 1. The molecule has 4 rings (SSSR count). The summed E-state index contributed by atoms with van der Waals surface area (Å²) in [7, 11) is 0. The monoisotopic (exact) mass is 545 g/mol. The lowest BCUT2D eigenvalue weighted by Crippen LogP contribution is -2.12. The van der Waals surface area contributed by atoms with Crippen molar-refractivity contribution in [1.29, 1.82) is 0 Å². The van der Waals surface area contributed by atoms with Crippen molar-refractivity contribution < 1.29 is 36.2 Å². The average Bonchev–Trinajstić information content (AvgIpc) is 3.08. The van der Waals surface area contributed by atoms with Gasteiger partial charge in [-0.05, 0) is 65.6 Å². The molecule has 188 valence electrons. The van der Waals surface area contributed by atoms with Crippen molar-refractivity contribution in [2.24, 2.45) is 0 Å². The predicted molar refractivity (Wildman–Crippen MR) is 124 cm³/mol. The quantitative estimate of drug-likeness (QED) is 0.256. The molecule has 0 bridgehead atoms. The van der Waals surface area contributed by atoms with Crippen LogP contribution in [0.3, 0.4) is 0 Å². The van der Waals surface area contributed by atoms with Crippen molar-refractivity contribution >= 4 is 40.1 Å². The number of alkyl halides is 6. The number of halogens is 8. The lowest BCUT2D eigenvalue weighted by atomic mass is 9.97. The van der Waals surface area contributed by atoms with Crippen molar-refractivity contribution in [1.82, 2.24) is 4.57 Å². The fraction of sp³-hybridized carbons (Fsp3) is 0.160. The molecule has 1 heterocycles. The number of aliphatic carboxylic acids is 1. The third-order valence-corrected chi connectivity index (χ3v) is 6.10. The highest BCUT2D eigenvalue weighted by Crippen LogP contribution is 2.38. The van der Waals surface area contributed by atoms with E-state index in [1.165, 1.54) is 16.8 Å². The molecule has 0 aliphatic carbocycles. The van der Waals surface area contributed by atoms with Gasteiger partial charge in [-0.15, -0.1) is 0 Å². The molecule has 0 aliphatic rings. The van der Waals surface area contributed by atoms with Gasteiger partial charge in [-0.1, -0.05) is 35.3 Å². The van der Waals surface area contributed by atoms with Gasteiger partial charge < -0.3 is 9.67 Å². The van der Waals surface area contributed by atoms with Crippen LogP contribution in [0.25, 0.3) is 22.0 Å². The molecule has 0 atom stereocenters. The molecule has 0 aliphatic heterocycles. The summed E-state index contributed by atoms with van der Waals surface area (Å²) in [5.74, 6) is -1.17. The van der Waals surface area contributed by atoms with Gasteiger partial charge in [0.05, 0.1) is 11.1 Å². The lowest BCUT2D eigenvalue weighted by Gasteiger charge is -2.14. The van der Waals surface area contributed by atoms with Gasteiger partial charge >= 0.3 is 18.3 Å². The molecule has 36 heavy (non-hydrogen) atoms. The molecule has 11 heteroatoms. The highest BCUT2D eigenvalue weighted by atomic mass is 35.5. The second-order valence-corrected chi connectivity index (χ2v) is 8.97. The molecule has 0 spiro atoms. The van der Waals surface area contributed by atoms with Gasteiger partial charge in [-0.2, -0.15) is 26.3 Å². The van der Waals surface area contributed by atoms with Crippen LogP contribution in [0.2, 0.25) is 10.0 Å². The van der Waals surface area contributed by atoms with Crippen LogP contribution < -0.4 is 0 Å². The van der Waals surface area contributed by atoms with E-state index in [-0.39, 0.29) is 18.1 Å². The molecule has 1 N–H and O–H groups in total. The van der Waals surface area contributed by atoms with Gasteiger partial charge in [-0.25, -0.2) is 0 Å². The van der Waals surface area contributed by atoms with E-state index >= 15 is 0 Å². The highest BCUT2D eigenvalue weighted by molar-refractivity contribution is 6.36. The molecule has 4 aromatic rings. The van der Waals surface area contributed by atoms with Crippen LogP contribution in [0.15, 0.2) is 60.8 Å². The number of nitrogens with zero attached hydrogens (tertiary/aromatic N) is 1. The van der Waals surface area contributed by atoms with Crippen LogP contribution in [0.5, 0.6) is 0 Å². The Bertz CT molecular complexity index is 1440. The van der Waals surface area contributed by atoms with Crippen LogP contribution in [0, 0.1) is 0 Å². The Kier molecular flexibility index (Phi) is 6.74. The van der Waals surface area contributed by atoms with E-state index in [1.54, 1.807) is 30.3 Å². The first kappa shape index (κ1) is 25.9. The fourth-order valence-corrected chi connectivity index (χ4v) is 4.54. The van der Waals surface area contributed by atoms with Gasteiger partial charge in [0.25, 0.3) is 0 Å². The number of fused-ring (bicyclic) bond motifs is 1. The number of carbonyl (C=O) groups is 1. The molecular weight excluding hydrogens is 531 g/mol. The summed E-state index contributed by atoms with van der Waals surface area (Å²) in [6, 6.07) is 11.2. The number of carboxylic acid groups (broad SMARTS) is 1. The summed E-state index contributed by atoms with van der Waals surface area (Å²) in [5, 5.41) is 10.5. The van der Waals surface area contributed by atoms with Crippen LogP contribution in [-0.4, -0.2) is 15.6 Å². The summed E-state index contributed by atoms with van der Waals surface area (Å²) < 4.78 is 81.3. The van der Waals surface area contributed by atoms with E-state index in [1.807, 2.05) is 0 Å². The topological polar surface area (TPSA) is 42.2 Å². The van der Waals surface area contributed by atoms with Crippen LogP contribution >= 0.6 is 23.2 Å². The maximum absolute atomic E-state index is 13.3. The van der Waals surface area contributed by atoms with E-state index in [0.29, 0.717) is 49.8 Å². The molecule has 0 saturated heterocycles. The molecule has 1 aromatic heterocycles. The molecule has 0 fully saturated rings. The summed E-state index contributed by atoms with van der Waals surface area (Å²) in [4.78, 5) is 11.4. The first-order chi connectivity index (χ1) is 16.7. The van der Waals surface area contributed by atoms with E-state index < -0.39 is 36.0 Å². The Balaban J connectivity index is 1.88. The second-order valence-electron chi connectivity index (χ2n) is 8.12. The number of aromatic nitrogens is 1. The van der Waals surface area contributed by atoms with Crippen molar-refractivity contribution in [2.45, 2.75) is 25.3 Å². The Labute approximate surface area is 210 Å². The minimum atomic E-state index is -4.98. The largest absolute Gasteiger partial charge is 0.480 e. The van der Waals surface area contributed by atoms with Gasteiger partial charge in [0.1, 0.15) is 6.54 Å². The van der Waals surface area contributed by atoms with Crippen LogP contribution in [0.4, 0.5) is 26.3 Å². The van der Waals surface area contributed by atoms with E-state index in [9.17, 15) is 36.2 Å². The number of benzene rings is 3. The fourth-order valence-electron chi connectivity index (χ4n) is 4.02. The molecular formula is C25H15Cl2F6NO2. The predicted octanol–water partition coefficient (Wildman–Crippen LogP) is 8.33. The Morgan fingerprint density at radius 3 is 2.06 bits per heavy atom. The molecule has 0 radical (unpaired) electrons. The van der Waals surface area contributed by atoms with Crippen LogP contribution in [0.1, 0.15) is 22.3 Å². The first-order valence-corrected chi connectivity index (χ1v) is 11.1. The third-order valence-electron chi connectivity index (χ3n) is 5.55. The minimum Gasteiger partial charge on any atom is -0.480 e. The maximum Gasteiger partial charge on any atom is 0.416 e. The molecule has 0 amide bonds. The van der Waals surface area contributed by atoms with Crippen molar-refractivity contribution in [3.8, 4) is 11.1 Å². The Morgan fingerprint density at radius 1 is 0.861 bits per heavy atom. The van der Waals surface area contributed by atoms with Gasteiger partial charge in [-0.3, -0.25) is 4.79 Å². The number of rotatable bonds is 5. The standard InChI is InChI=1S/C25H15Cl2F6NO2/c26-18-2-3-19(21(27)10-18)14-1-4-22-20(8-14)15(11-34(22)12-23(35)36)5-13-6-16(24(28,29)30)9-17(7-13)25(31,32)33/h1-4,6-11H,5,12H2,(H,35,36). The third kappa shape index (κ3) is 5.47. The zero-order chi connectivity index (χ0) is 26.4. The maximum atomic E-state index is 13.3. The zero-order valence-electron chi connectivity index (χ0n) is 18.0. The normalized spacial score (nSPS) is 12.3. The van der Waals surface area contributed by atoms with Gasteiger partial charge in [0.2, 0.25) is 0 Å². The zero-order valence-corrected chi connectivity index (χ0v) is 19.5. The van der Waals surface area contributed by atoms with Crippen molar-refractivity contribution in [3.05, 3.63) is 93.1 Å². The van der Waals surface area contributed by atoms with Gasteiger partial charge in [0.15, 0.2) is 0 Å². The molecule has 0 saturated carbocycles. The Hall–Kier alpha value is -3.17. The summed E-state index contributed by atoms with van der Waals surface area (Å²) in [6.07, 6.45) is -8.84. The summed E-state index contributed by atoms with van der Waals surface area (Å²) in [5.41, 5.74) is -1.06. The summed E-state index contributed by atoms with van der Waals surface area (Å²) >= 11 is 12.3. The summed E-state index contributed by atoms with van der Waals surface area (Å²) in [6.45, 7) is -0.450. The minimum absolute atomic E-state index is 0.0673. The van der Waals surface area contributed by atoms with E-state index in [2.05, 4.69) is 0 Å². The molecule has 3 nitrogen and oxygen atoms in total. The first-order valence-electron chi connectivity index (χ1n) is 10.3. The average molecular weight is 546 g/mol. The van der Waals surface area contributed by atoms with Crippen molar-refractivity contribution in [2.75, 3.05) is 0 Å². The number of hydrogen-bond acceptors (Lipinski definition) is 1. The van der Waals surface area contributed by atoms with Gasteiger partial charge in [0, 0.05) is 32.7 Å². The number of carboxylic acids is 1. The van der Waals surface area contributed by atoms with Crippen molar-refractivity contribution in [3.63, 3.8) is 0 Å². The Morgan fingerprint density at radius 2 is 1.50 bits per heavy atom. The van der Waals surface area contributed by atoms with Crippen LogP contribution in [-0.2, 0) is 30.1 Å². The van der Waals surface area contributed by atoms with E-state index in [0.717, 1.165) is 0 Å². The molecule has 0 unspecified atom stereocenters. The smallest absolute Gasteiger partial charge is 0.416 e.